The van der Waals surface area contributed by atoms with Gasteiger partial charge < -0.3 is 16.6 Å². The zero-order chi connectivity index (χ0) is 11.7. The summed E-state index contributed by atoms with van der Waals surface area (Å²) in [6, 6.07) is -1.38. The molecule has 0 spiro atoms. The van der Waals surface area contributed by atoms with E-state index in [4.69, 9.17) is 16.6 Å². The molecule has 0 bridgehead atoms. The number of benzene rings is 1. The van der Waals surface area contributed by atoms with Gasteiger partial charge in [-0.15, -0.1) is 0 Å². The van der Waals surface area contributed by atoms with Crippen molar-refractivity contribution in [1.29, 1.82) is 0 Å². The Hall–Kier alpha value is -1.34. The van der Waals surface area contributed by atoms with Crippen molar-refractivity contribution in [3.63, 3.8) is 0 Å². The average molecular weight is 224 g/mol. The third-order valence-corrected chi connectivity index (χ3v) is 1.90. The van der Waals surface area contributed by atoms with Crippen molar-refractivity contribution in [3.8, 4) is 5.75 Å². The Morgan fingerprint density at radius 3 is 1.73 bits per heavy atom. The van der Waals surface area contributed by atoms with Gasteiger partial charge in [-0.05, 0) is 0 Å². The maximum absolute atomic E-state index is 13.1. The SMILES string of the molecule is NC[C@@H](N)c1c(F)c(F)c(O)c(F)c1F. The van der Waals surface area contributed by atoms with Gasteiger partial charge in [0.15, 0.2) is 17.4 Å². The molecule has 0 radical (unpaired) electrons. The Labute approximate surface area is 82.3 Å². The highest BCUT2D eigenvalue weighted by Gasteiger charge is 2.27. The highest BCUT2D eigenvalue weighted by molar-refractivity contribution is 5.35. The molecule has 3 nitrogen and oxygen atoms in total. The quantitative estimate of drug-likeness (QED) is 0.516. The van der Waals surface area contributed by atoms with E-state index in [9.17, 15) is 17.6 Å². The lowest BCUT2D eigenvalue weighted by Crippen LogP contribution is -2.24. The maximum atomic E-state index is 13.1. The highest BCUT2D eigenvalue weighted by Crippen LogP contribution is 2.30. The number of rotatable bonds is 2. The molecule has 1 atom stereocenters. The van der Waals surface area contributed by atoms with E-state index < -0.39 is 47.2 Å². The van der Waals surface area contributed by atoms with Gasteiger partial charge in [-0.2, -0.15) is 8.78 Å². The lowest BCUT2D eigenvalue weighted by Gasteiger charge is -2.13. The fourth-order valence-electron chi connectivity index (χ4n) is 1.08. The molecular weight excluding hydrogens is 216 g/mol. The molecule has 0 heterocycles. The normalized spacial score (nSPS) is 12.9. The highest BCUT2D eigenvalue weighted by atomic mass is 19.2. The lowest BCUT2D eigenvalue weighted by atomic mass is 10.1. The van der Waals surface area contributed by atoms with Gasteiger partial charge in [0.1, 0.15) is 0 Å². The minimum Gasteiger partial charge on any atom is -0.503 e. The van der Waals surface area contributed by atoms with Crippen LogP contribution in [0.4, 0.5) is 17.6 Å². The van der Waals surface area contributed by atoms with Crippen LogP contribution in [-0.4, -0.2) is 11.7 Å². The molecule has 5 N–H and O–H groups in total. The van der Waals surface area contributed by atoms with Crippen LogP contribution in [-0.2, 0) is 0 Å². The van der Waals surface area contributed by atoms with Crippen LogP contribution >= 0.6 is 0 Å². The molecule has 1 aromatic carbocycles. The van der Waals surface area contributed by atoms with E-state index in [1.54, 1.807) is 0 Å². The van der Waals surface area contributed by atoms with E-state index in [-0.39, 0.29) is 0 Å². The summed E-state index contributed by atoms with van der Waals surface area (Å²) in [5.41, 5.74) is 9.17. The number of phenols is 1. The third kappa shape index (κ3) is 1.75. The maximum Gasteiger partial charge on any atom is 0.204 e. The molecule has 84 valence electrons. The number of phenolic OH excluding ortho intramolecular Hbond substituents is 1. The topological polar surface area (TPSA) is 72.3 Å². The molecule has 0 aliphatic rings. The first-order chi connectivity index (χ1) is 6.91. The van der Waals surface area contributed by atoms with Crippen molar-refractivity contribution < 1.29 is 22.7 Å². The van der Waals surface area contributed by atoms with Crippen LogP contribution in [0.15, 0.2) is 0 Å². The van der Waals surface area contributed by atoms with Crippen LogP contribution in [0.5, 0.6) is 5.75 Å². The number of nitrogens with two attached hydrogens (primary N) is 2. The van der Waals surface area contributed by atoms with E-state index in [2.05, 4.69) is 0 Å². The van der Waals surface area contributed by atoms with Crippen molar-refractivity contribution >= 4 is 0 Å². The molecule has 0 fully saturated rings. The van der Waals surface area contributed by atoms with Crippen LogP contribution in [0, 0.1) is 23.3 Å². The summed E-state index contributed by atoms with van der Waals surface area (Å²) in [6.45, 7) is -0.391. The predicted octanol–water partition coefficient (Wildman–Crippen LogP) is 0.907. The standard InChI is InChI=1S/C8H8F4N2O/c9-4-3(2(14)1-13)5(10)7(12)8(15)6(4)11/h2,15H,1,13-14H2/t2-/m1/s1. The number of aromatic hydroxyl groups is 1. The molecule has 0 saturated heterocycles. The van der Waals surface area contributed by atoms with E-state index in [0.29, 0.717) is 0 Å². The second-order valence-corrected chi connectivity index (χ2v) is 2.86. The predicted molar refractivity (Wildman–Crippen MR) is 43.9 cm³/mol. The minimum atomic E-state index is -1.88. The first kappa shape index (κ1) is 11.7. The van der Waals surface area contributed by atoms with Gasteiger partial charge in [0.05, 0.1) is 0 Å². The van der Waals surface area contributed by atoms with Crippen molar-refractivity contribution in [2.75, 3.05) is 6.54 Å². The van der Waals surface area contributed by atoms with Crippen molar-refractivity contribution in [2.24, 2.45) is 11.5 Å². The number of hydrogen-bond acceptors (Lipinski definition) is 3. The molecule has 0 aliphatic carbocycles. The van der Waals surface area contributed by atoms with E-state index in [1.807, 2.05) is 0 Å². The Morgan fingerprint density at radius 1 is 1.00 bits per heavy atom. The first-order valence-corrected chi connectivity index (χ1v) is 3.92. The molecule has 0 saturated carbocycles. The Balaban J connectivity index is 3.52. The minimum absolute atomic E-state index is 0.391. The van der Waals surface area contributed by atoms with Crippen molar-refractivity contribution in [1.82, 2.24) is 0 Å². The second kappa shape index (κ2) is 4.03. The molecule has 1 rings (SSSR count). The van der Waals surface area contributed by atoms with Crippen LogP contribution in [0.25, 0.3) is 0 Å². The zero-order valence-electron chi connectivity index (χ0n) is 7.40. The largest absolute Gasteiger partial charge is 0.503 e. The molecule has 7 heteroatoms. The van der Waals surface area contributed by atoms with Crippen LogP contribution in [0.3, 0.4) is 0 Å². The fraction of sp³-hybridized carbons (Fsp3) is 0.250. The average Bonchev–Trinajstić information content (AvgIpc) is 2.23. The molecule has 0 unspecified atom stereocenters. The van der Waals surface area contributed by atoms with Crippen LogP contribution < -0.4 is 11.5 Å². The van der Waals surface area contributed by atoms with E-state index in [1.165, 1.54) is 0 Å². The van der Waals surface area contributed by atoms with Gasteiger partial charge in [-0.3, -0.25) is 0 Å². The van der Waals surface area contributed by atoms with Gasteiger partial charge in [-0.25, -0.2) is 8.78 Å². The summed E-state index contributed by atoms with van der Waals surface area (Å²) in [5, 5.41) is 8.64. The Morgan fingerprint density at radius 2 is 1.40 bits per heavy atom. The summed E-state index contributed by atoms with van der Waals surface area (Å²) < 4.78 is 51.7. The summed E-state index contributed by atoms with van der Waals surface area (Å²) in [6.07, 6.45) is 0. The van der Waals surface area contributed by atoms with Crippen molar-refractivity contribution in [2.45, 2.75) is 6.04 Å². The summed E-state index contributed by atoms with van der Waals surface area (Å²) >= 11 is 0. The summed E-state index contributed by atoms with van der Waals surface area (Å²) in [5.74, 6) is -8.94. The van der Waals surface area contributed by atoms with E-state index in [0.717, 1.165) is 0 Å². The molecule has 0 aliphatic heterocycles. The smallest absolute Gasteiger partial charge is 0.204 e. The van der Waals surface area contributed by atoms with Crippen LogP contribution in [0.2, 0.25) is 0 Å². The summed E-state index contributed by atoms with van der Waals surface area (Å²) in [4.78, 5) is 0. The first-order valence-electron chi connectivity index (χ1n) is 3.92. The van der Waals surface area contributed by atoms with Gasteiger partial charge in [0, 0.05) is 18.2 Å². The van der Waals surface area contributed by atoms with Gasteiger partial charge in [0.25, 0.3) is 0 Å². The molecule has 1 aromatic rings. The number of halogens is 4. The second-order valence-electron chi connectivity index (χ2n) is 2.86. The molecule has 15 heavy (non-hydrogen) atoms. The van der Waals surface area contributed by atoms with Gasteiger partial charge in [0.2, 0.25) is 11.6 Å². The van der Waals surface area contributed by atoms with E-state index >= 15 is 0 Å². The zero-order valence-corrected chi connectivity index (χ0v) is 7.40. The lowest BCUT2D eigenvalue weighted by molar-refractivity contribution is 0.347. The fourth-order valence-corrected chi connectivity index (χ4v) is 1.08. The molecular formula is C8H8F4N2O. The van der Waals surface area contributed by atoms with Gasteiger partial charge >= 0.3 is 0 Å². The Kier molecular flexibility index (Phi) is 3.15. The monoisotopic (exact) mass is 224 g/mol. The molecule has 0 amide bonds. The number of hydrogen-bond donors (Lipinski definition) is 3. The van der Waals surface area contributed by atoms with Gasteiger partial charge in [-0.1, -0.05) is 0 Å². The van der Waals surface area contributed by atoms with Crippen LogP contribution in [0.1, 0.15) is 11.6 Å². The molecule has 0 aromatic heterocycles. The summed E-state index contributed by atoms with van der Waals surface area (Å²) in [7, 11) is 0. The third-order valence-electron chi connectivity index (χ3n) is 1.90. The van der Waals surface area contributed by atoms with Crippen molar-refractivity contribution in [3.05, 3.63) is 28.8 Å². The Bertz CT molecular complexity index is 368.